The van der Waals surface area contributed by atoms with Crippen LogP contribution in [0.2, 0.25) is 0 Å². The first-order valence-electron chi connectivity index (χ1n) is 7.26. The van der Waals surface area contributed by atoms with E-state index in [1.807, 2.05) is 36.4 Å². The fourth-order valence-corrected chi connectivity index (χ4v) is 2.94. The second kappa shape index (κ2) is 6.26. The number of H-pyrrole nitrogens is 1. The van der Waals surface area contributed by atoms with E-state index in [9.17, 15) is 4.79 Å². The van der Waals surface area contributed by atoms with E-state index < -0.39 is 0 Å². The van der Waals surface area contributed by atoms with Crippen LogP contribution in [0, 0.1) is 11.3 Å². The summed E-state index contributed by atoms with van der Waals surface area (Å²) in [6, 6.07) is 12.9. The lowest BCUT2D eigenvalue weighted by atomic mass is 10.2. The number of hydrogen-bond donors (Lipinski definition) is 1. The average Bonchev–Trinajstić information content (AvgIpc) is 3.28. The number of fused-ring (bicyclic) bond motifs is 1. The van der Waals surface area contributed by atoms with Gasteiger partial charge in [0.05, 0.1) is 5.69 Å². The van der Waals surface area contributed by atoms with Crippen molar-refractivity contribution in [3.63, 3.8) is 0 Å². The van der Waals surface area contributed by atoms with E-state index in [-0.39, 0.29) is 5.56 Å². The topological polar surface area (TPSA) is 113 Å². The molecule has 1 aromatic carbocycles. The quantitative estimate of drug-likeness (QED) is 0.561. The zero-order valence-corrected chi connectivity index (χ0v) is 13.5. The number of aromatic nitrogens is 5. The lowest BCUT2D eigenvalue weighted by Crippen LogP contribution is -2.15. The number of rotatable bonds is 4. The fourth-order valence-electron chi connectivity index (χ4n) is 2.29. The van der Waals surface area contributed by atoms with Crippen molar-refractivity contribution in [1.82, 2.24) is 24.8 Å². The average molecular weight is 350 g/mol. The highest BCUT2D eigenvalue weighted by molar-refractivity contribution is 7.98. The molecule has 0 atom stereocenters. The molecule has 4 aromatic rings. The molecule has 3 aromatic heterocycles. The lowest BCUT2D eigenvalue weighted by molar-refractivity contribution is 0.466. The smallest absolute Gasteiger partial charge is 0.277 e. The summed E-state index contributed by atoms with van der Waals surface area (Å²) in [6.07, 6.45) is 1.45. The van der Waals surface area contributed by atoms with E-state index in [2.05, 4.69) is 20.3 Å². The van der Waals surface area contributed by atoms with Crippen molar-refractivity contribution in [2.75, 3.05) is 0 Å². The SMILES string of the molecule is N#Cc1c[nH]n2c(=O)cc(CSc3nnc(-c4ccccc4)o3)nc12. The molecule has 0 spiro atoms. The Hall–Kier alpha value is -3.38. The molecule has 0 unspecified atom stereocenters. The van der Waals surface area contributed by atoms with Crippen molar-refractivity contribution in [2.45, 2.75) is 11.0 Å². The molecule has 0 saturated carbocycles. The molecule has 4 rings (SSSR count). The third-order valence-corrected chi connectivity index (χ3v) is 4.29. The van der Waals surface area contributed by atoms with Gasteiger partial charge >= 0.3 is 0 Å². The Bertz CT molecular complexity index is 1140. The summed E-state index contributed by atoms with van der Waals surface area (Å²) in [5.74, 6) is 0.807. The van der Waals surface area contributed by atoms with Crippen LogP contribution in [-0.2, 0) is 5.75 Å². The fraction of sp³-hybridized carbons (Fsp3) is 0.0625. The van der Waals surface area contributed by atoms with Crippen molar-refractivity contribution in [3.05, 3.63) is 64.2 Å². The number of nitrogens with zero attached hydrogens (tertiary/aromatic N) is 5. The largest absolute Gasteiger partial charge is 0.411 e. The van der Waals surface area contributed by atoms with Crippen LogP contribution in [0.15, 0.2) is 57.0 Å². The third-order valence-electron chi connectivity index (χ3n) is 3.44. The zero-order valence-electron chi connectivity index (χ0n) is 12.7. The third kappa shape index (κ3) is 2.90. The number of nitrogens with one attached hydrogen (secondary N) is 1. The van der Waals surface area contributed by atoms with Crippen LogP contribution in [0.1, 0.15) is 11.3 Å². The van der Waals surface area contributed by atoms with Crippen molar-refractivity contribution in [1.29, 1.82) is 5.26 Å². The molecule has 0 fully saturated rings. The van der Waals surface area contributed by atoms with Gasteiger partial charge in [0.15, 0.2) is 5.65 Å². The molecule has 0 saturated heterocycles. The van der Waals surface area contributed by atoms with Gasteiger partial charge in [-0.2, -0.15) is 5.26 Å². The minimum atomic E-state index is -0.280. The molecule has 25 heavy (non-hydrogen) atoms. The van der Waals surface area contributed by atoms with Crippen molar-refractivity contribution in [2.24, 2.45) is 0 Å². The van der Waals surface area contributed by atoms with E-state index in [0.29, 0.717) is 33.8 Å². The monoisotopic (exact) mass is 350 g/mol. The van der Waals surface area contributed by atoms with E-state index in [4.69, 9.17) is 9.68 Å². The highest BCUT2D eigenvalue weighted by Gasteiger charge is 2.12. The van der Waals surface area contributed by atoms with Gasteiger partial charge in [0, 0.05) is 23.6 Å². The Kier molecular flexibility index (Phi) is 3.80. The van der Waals surface area contributed by atoms with E-state index >= 15 is 0 Å². The second-order valence-electron chi connectivity index (χ2n) is 5.07. The van der Waals surface area contributed by atoms with Gasteiger partial charge in [-0.25, -0.2) is 9.50 Å². The first kappa shape index (κ1) is 15.2. The standard InChI is InChI=1S/C16H10N6O2S/c17-7-11-8-18-22-13(23)6-12(19-14(11)22)9-25-16-21-20-15(24-16)10-4-2-1-3-5-10/h1-6,8,18H,9H2. The number of hydrogen-bond acceptors (Lipinski definition) is 7. The summed E-state index contributed by atoms with van der Waals surface area (Å²) < 4.78 is 6.84. The number of thioether (sulfide) groups is 1. The minimum Gasteiger partial charge on any atom is -0.411 e. The molecule has 122 valence electrons. The maximum Gasteiger partial charge on any atom is 0.277 e. The molecule has 0 bridgehead atoms. The van der Waals surface area contributed by atoms with E-state index in [1.54, 1.807) is 0 Å². The van der Waals surface area contributed by atoms with Gasteiger partial charge in [-0.3, -0.25) is 9.89 Å². The summed E-state index contributed by atoms with van der Waals surface area (Å²) >= 11 is 1.28. The maximum atomic E-state index is 12.1. The molecule has 3 heterocycles. The van der Waals surface area contributed by atoms with Crippen LogP contribution in [0.3, 0.4) is 0 Å². The first-order chi connectivity index (χ1) is 12.2. The summed E-state index contributed by atoms with van der Waals surface area (Å²) in [5.41, 5.74) is 1.71. The van der Waals surface area contributed by atoms with Crippen molar-refractivity contribution >= 4 is 17.4 Å². The molecule has 1 N–H and O–H groups in total. The Morgan fingerprint density at radius 3 is 2.92 bits per heavy atom. The van der Waals surface area contributed by atoms with Crippen LogP contribution >= 0.6 is 11.8 Å². The highest BCUT2D eigenvalue weighted by Crippen LogP contribution is 2.25. The van der Waals surface area contributed by atoms with E-state index in [1.165, 1.54) is 28.5 Å². The normalized spacial score (nSPS) is 10.8. The zero-order chi connectivity index (χ0) is 17.2. The molecule has 0 radical (unpaired) electrons. The molecule has 0 amide bonds. The van der Waals surface area contributed by atoms with Crippen molar-refractivity contribution < 1.29 is 4.42 Å². The Morgan fingerprint density at radius 1 is 1.28 bits per heavy atom. The summed E-state index contributed by atoms with van der Waals surface area (Å²) in [6.45, 7) is 0. The van der Waals surface area contributed by atoms with Gasteiger partial charge in [0.25, 0.3) is 10.8 Å². The van der Waals surface area contributed by atoms with E-state index in [0.717, 1.165) is 5.56 Å². The highest BCUT2D eigenvalue weighted by atomic mass is 32.2. The molecule has 0 aliphatic rings. The number of benzene rings is 1. The van der Waals surface area contributed by atoms with Gasteiger partial charge in [-0.05, 0) is 12.1 Å². The molecule has 8 nitrogen and oxygen atoms in total. The van der Waals surface area contributed by atoms with Crippen molar-refractivity contribution in [3.8, 4) is 17.5 Å². The Balaban J connectivity index is 1.56. The second-order valence-corrected chi connectivity index (χ2v) is 6.00. The molecular weight excluding hydrogens is 340 g/mol. The van der Waals surface area contributed by atoms with Crippen LogP contribution in [-0.4, -0.2) is 24.8 Å². The first-order valence-corrected chi connectivity index (χ1v) is 8.25. The molecular formula is C16H10N6O2S. The van der Waals surface area contributed by atoms with Gasteiger partial charge in [-0.15, -0.1) is 10.2 Å². The summed E-state index contributed by atoms with van der Waals surface area (Å²) in [4.78, 5) is 16.4. The summed E-state index contributed by atoms with van der Waals surface area (Å²) in [5, 5.41) is 20.2. The number of nitriles is 1. The minimum absolute atomic E-state index is 0.280. The van der Waals surface area contributed by atoms with Gasteiger partial charge in [0.1, 0.15) is 11.6 Å². The molecule has 0 aliphatic carbocycles. The Labute approximate surface area is 145 Å². The van der Waals surface area contributed by atoms with Gasteiger partial charge in [0.2, 0.25) is 5.89 Å². The lowest BCUT2D eigenvalue weighted by Gasteiger charge is -1.99. The maximum absolute atomic E-state index is 12.1. The molecule has 0 aliphatic heterocycles. The number of aromatic amines is 1. The van der Waals surface area contributed by atoms with Crippen LogP contribution < -0.4 is 5.56 Å². The molecule has 9 heteroatoms. The van der Waals surface area contributed by atoms with Gasteiger partial charge in [-0.1, -0.05) is 30.0 Å². The van der Waals surface area contributed by atoms with Crippen LogP contribution in [0.5, 0.6) is 0 Å². The summed E-state index contributed by atoms with van der Waals surface area (Å²) in [7, 11) is 0. The predicted octanol–water partition coefficient (Wildman–Crippen LogP) is 2.24. The van der Waals surface area contributed by atoms with Gasteiger partial charge < -0.3 is 4.42 Å². The van der Waals surface area contributed by atoms with Crippen LogP contribution in [0.4, 0.5) is 0 Å². The van der Waals surface area contributed by atoms with Crippen LogP contribution in [0.25, 0.3) is 17.1 Å². The predicted molar refractivity (Wildman–Crippen MR) is 89.8 cm³/mol. The Morgan fingerprint density at radius 2 is 2.12 bits per heavy atom.